The molecule has 1 atom stereocenters. The lowest BCUT2D eigenvalue weighted by atomic mass is 10.3. The van der Waals surface area contributed by atoms with E-state index in [-0.39, 0.29) is 0 Å². The van der Waals surface area contributed by atoms with Crippen molar-refractivity contribution in [1.29, 1.82) is 0 Å². The smallest absolute Gasteiger partial charge is 0.165 e. The van der Waals surface area contributed by atoms with Crippen LogP contribution in [0.15, 0.2) is 11.7 Å². The standard InChI is InChI=1S/C5H7F3/c1-3(6)5(8)4(2)7/h3H,1-2H3/b5-4-/t3-/m1/s1. The minimum absolute atomic E-state index is 0.880. The van der Waals surface area contributed by atoms with E-state index in [1.807, 2.05) is 0 Å². The molecule has 0 aliphatic heterocycles. The Balaban J connectivity index is 4.00. The van der Waals surface area contributed by atoms with E-state index >= 15 is 0 Å². The molecule has 0 aliphatic rings. The van der Waals surface area contributed by atoms with E-state index < -0.39 is 17.8 Å². The molecule has 0 rings (SSSR count). The van der Waals surface area contributed by atoms with E-state index in [1.165, 1.54) is 0 Å². The van der Waals surface area contributed by atoms with E-state index in [0.29, 0.717) is 0 Å². The van der Waals surface area contributed by atoms with Gasteiger partial charge in [-0.1, -0.05) is 0 Å². The molecular weight excluding hydrogens is 117 g/mol. The van der Waals surface area contributed by atoms with Gasteiger partial charge < -0.3 is 0 Å². The molecule has 0 aromatic rings. The van der Waals surface area contributed by atoms with Gasteiger partial charge in [0.05, 0.1) is 0 Å². The summed E-state index contributed by atoms with van der Waals surface area (Å²) >= 11 is 0. The van der Waals surface area contributed by atoms with Crippen LogP contribution >= 0.6 is 0 Å². The van der Waals surface area contributed by atoms with E-state index in [0.717, 1.165) is 13.8 Å². The van der Waals surface area contributed by atoms with Gasteiger partial charge in [0.25, 0.3) is 0 Å². The lowest BCUT2D eigenvalue weighted by molar-refractivity contribution is 0.333. The fourth-order valence-corrected chi connectivity index (χ4v) is 0.274. The second-order valence-corrected chi connectivity index (χ2v) is 1.50. The summed E-state index contributed by atoms with van der Waals surface area (Å²) in [6.07, 6.45) is -1.82. The highest BCUT2D eigenvalue weighted by molar-refractivity contribution is 5.00. The third-order valence-electron chi connectivity index (χ3n) is 0.678. The van der Waals surface area contributed by atoms with Gasteiger partial charge in [-0.25, -0.2) is 13.2 Å². The van der Waals surface area contributed by atoms with E-state index in [2.05, 4.69) is 0 Å². The number of hydrogen-bond acceptors (Lipinski definition) is 0. The third-order valence-corrected chi connectivity index (χ3v) is 0.678. The van der Waals surface area contributed by atoms with Crippen molar-refractivity contribution >= 4 is 0 Å². The lowest BCUT2D eigenvalue weighted by Gasteiger charge is -1.94. The molecule has 0 nitrogen and oxygen atoms in total. The summed E-state index contributed by atoms with van der Waals surface area (Å²) in [5, 5.41) is 0. The van der Waals surface area contributed by atoms with Crippen LogP contribution in [-0.2, 0) is 0 Å². The van der Waals surface area contributed by atoms with Crippen LogP contribution in [0, 0.1) is 0 Å². The molecule has 0 saturated heterocycles. The zero-order valence-electron chi connectivity index (χ0n) is 4.71. The van der Waals surface area contributed by atoms with Gasteiger partial charge in [0.15, 0.2) is 12.0 Å². The number of alkyl halides is 1. The molecule has 0 aliphatic carbocycles. The van der Waals surface area contributed by atoms with Gasteiger partial charge in [0, 0.05) is 0 Å². The maximum Gasteiger partial charge on any atom is 0.165 e. The van der Waals surface area contributed by atoms with Crippen LogP contribution in [0.3, 0.4) is 0 Å². The molecule has 0 saturated carbocycles. The monoisotopic (exact) mass is 124 g/mol. The highest BCUT2D eigenvalue weighted by Crippen LogP contribution is 2.13. The van der Waals surface area contributed by atoms with Gasteiger partial charge in [-0.05, 0) is 13.8 Å². The molecule has 3 heteroatoms. The minimum Gasteiger partial charge on any atom is -0.240 e. The summed E-state index contributed by atoms with van der Waals surface area (Å²) in [4.78, 5) is 0. The average molecular weight is 124 g/mol. The predicted molar refractivity (Wildman–Crippen MR) is 25.5 cm³/mol. The van der Waals surface area contributed by atoms with Crippen LogP contribution in [0.1, 0.15) is 13.8 Å². The lowest BCUT2D eigenvalue weighted by Crippen LogP contribution is -1.93. The summed E-state index contributed by atoms with van der Waals surface area (Å²) < 4.78 is 35.1. The van der Waals surface area contributed by atoms with Crippen molar-refractivity contribution in [3.63, 3.8) is 0 Å². The summed E-state index contributed by atoms with van der Waals surface area (Å²) in [6.45, 7) is 1.82. The quantitative estimate of drug-likeness (QED) is 0.503. The second kappa shape index (κ2) is 2.74. The molecule has 0 bridgehead atoms. The van der Waals surface area contributed by atoms with Crippen molar-refractivity contribution in [2.24, 2.45) is 0 Å². The van der Waals surface area contributed by atoms with Crippen LogP contribution in [0.25, 0.3) is 0 Å². The van der Waals surface area contributed by atoms with Gasteiger partial charge in [0.1, 0.15) is 5.83 Å². The van der Waals surface area contributed by atoms with Gasteiger partial charge in [-0.3, -0.25) is 0 Å². The zero-order chi connectivity index (χ0) is 6.73. The van der Waals surface area contributed by atoms with Crippen molar-refractivity contribution in [3.05, 3.63) is 11.7 Å². The molecule has 0 N–H and O–H groups in total. The fraction of sp³-hybridized carbons (Fsp3) is 0.600. The summed E-state index contributed by atoms with van der Waals surface area (Å²) in [6, 6.07) is 0. The normalized spacial score (nSPS) is 17.6. The highest BCUT2D eigenvalue weighted by Gasteiger charge is 2.08. The molecule has 0 aromatic heterocycles. The Bertz CT molecular complexity index is 100. The van der Waals surface area contributed by atoms with Gasteiger partial charge >= 0.3 is 0 Å². The minimum atomic E-state index is -1.82. The van der Waals surface area contributed by atoms with Gasteiger partial charge in [0.2, 0.25) is 0 Å². The highest BCUT2D eigenvalue weighted by atomic mass is 19.2. The van der Waals surface area contributed by atoms with E-state index in [9.17, 15) is 13.2 Å². The van der Waals surface area contributed by atoms with Crippen LogP contribution in [0.4, 0.5) is 13.2 Å². The molecule has 8 heavy (non-hydrogen) atoms. The summed E-state index contributed by atoms with van der Waals surface area (Å²) in [5.74, 6) is -2.40. The summed E-state index contributed by atoms with van der Waals surface area (Å²) in [5.41, 5.74) is 0. The average Bonchev–Trinajstić information content (AvgIpc) is 1.64. The molecule has 0 unspecified atom stereocenters. The number of rotatable bonds is 1. The maximum absolute atomic E-state index is 11.8. The van der Waals surface area contributed by atoms with Crippen molar-refractivity contribution in [3.8, 4) is 0 Å². The largest absolute Gasteiger partial charge is 0.240 e. The number of hydrogen-bond donors (Lipinski definition) is 0. The maximum atomic E-state index is 11.8. The Labute approximate surface area is 46.0 Å². The molecule has 0 amide bonds. The first-order valence-corrected chi connectivity index (χ1v) is 2.21. The first-order valence-electron chi connectivity index (χ1n) is 2.21. The van der Waals surface area contributed by atoms with Crippen molar-refractivity contribution < 1.29 is 13.2 Å². The van der Waals surface area contributed by atoms with E-state index in [4.69, 9.17) is 0 Å². The molecular formula is C5H7F3. The van der Waals surface area contributed by atoms with Crippen LogP contribution in [-0.4, -0.2) is 6.17 Å². The SMILES string of the molecule is C/C(F)=C(/F)[C@@H](C)F. The van der Waals surface area contributed by atoms with Gasteiger partial charge in [-0.15, -0.1) is 0 Å². The third kappa shape index (κ3) is 2.00. The van der Waals surface area contributed by atoms with Crippen LogP contribution < -0.4 is 0 Å². The first-order chi connectivity index (χ1) is 3.55. The first kappa shape index (κ1) is 7.53. The van der Waals surface area contributed by atoms with Crippen LogP contribution in [0.5, 0.6) is 0 Å². The Morgan fingerprint density at radius 3 is 1.75 bits per heavy atom. The van der Waals surface area contributed by atoms with Crippen molar-refractivity contribution in [2.45, 2.75) is 20.0 Å². The second-order valence-electron chi connectivity index (χ2n) is 1.50. The molecule has 48 valence electrons. The number of halogens is 3. The Morgan fingerprint density at radius 2 is 1.75 bits per heavy atom. The Kier molecular flexibility index (Phi) is 2.58. The van der Waals surface area contributed by atoms with Crippen LogP contribution in [0.2, 0.25) is 0 Å². The summed E-state index contributed by atoms with van der Waals surface area (Å²) in [7, 11) is 0. The zero-order valence-corrected chi connectivity index (χ0v) is 4.71. The Morgan fingerprint density at radius 1 is 1.38 bits per heavy atom. The molecule has 0 radical (unpaired) electrons. The predicted octanol–water partition coefficient (Wildman–Crippen LogP) is 2.51. The van der Waals surface area contributed by atoms with Crippen molar-refractivity contribution in [1.82, 2.24) is 0 Å². The number of allylic oxidation sites excluding steroid dienone is 2. The van der Waals surface area contributed by atoms with E-state index in [1.54, 1.807) is 0 Å². The molecule has 0 heterocycles. The van der Waals surface area contributed by atoms with Gasteiger partial charge in [-0.2, -0.15) is 0 Å². The molecule has 0 spiro atoms. The Hall–Kier alpha value is -0.470. The molecule has 0 fully saturated rings. The molecule has 0 aromatic carbocycles. The topological polar surface area (TPSA) is 0 Å². The van der Waals surface area contributed by atoms with Crippen molar-refractivity contribution in [2.75, 3.05) is 0 Å². The fourth-order valence-electron chi connectivity index (χ4n) is 0.274.